The van der Waals surface area contributed by atoms with Gasteiger partial charge < -0.3 is 30.4 Å². The number of aliphatic hydroxyl groups is 3. The lowest BCUT2D eigenvalue weighted by Crippen LogP contribution is -2.52. The summed E-state index contributed by atoms with van der Waals surface area (Å²) in [6.45, 7) is 1.95. The highest BCUT2D eigenvalue weighted by Gasteiger charge is 2.62. The molecule has 1 aliphatic heterocycles. The average molecular weight is 547 g/mol. The lowest BCUT2D eigenvalue weighted by atomic mass is 9.50. The van der Waals surface area contributed by atoms with Gasteiger partial charge in [-0.1, -0.05) is 24.8 Å². The Morgan fingerprint density at radius 2 is 2.05 bits per heavy atom. The SMILES string of the molecule is C[C@]12CC[C@@H]3C4C=CC(=O)CC4CC[C@H]3[C@@H]1CC[C@@]2(O)C#Cc1cn([C@H]2C[C@H](O)[C@@H](CO)O2)c2ncnc(N)c12. The van der Waals surface area contributed by atoms with Crippen molar-refractivity contribution in [3.8, 4) is 11.8 Å². The number of hydrogen-bond donors (Lipinski definition) is 4. The van der Waals surface area contributed by atoms with E-state index in [1.54, 1.807) is 10.6 Å². The largest absolute Gasteiger partial charge is 0.394 e. The predicted octanol–water partition coefficient (Wildman–Crippen LogP) is 2.73. The lowest BCUT2D eigenvalue weighted by Gasteiger charge is -2.55. The van der Waals surface area contributed by atoms with Gasteiger partial charge in [-0.05, 0) is 74.2 Å². The average Bonchev–Trinajstić information content (AvgIpc) is 3.59. The van der Waals surface area contributed by atoms with Gasteiger partial charge in [-0.25, -0.2) is 9.97 Å². The van der Waals surface area contributed by atoms with Gasteiger partial charge in [-0.3, -0.25) is 4.79 Å². The second kappa shape index (κ2) is 9.38. The molecule has 10 atom stereocenters. The fourth-order valence-corrected chi connectivity index (χ4v) is 9.11. The molecule has 4 fully saturated rings. The van der Waals surface area contributed by atoms with Gasteiger partial charge in [0.15, 0.2) is 5.78 Å². The topological polar surface area (TPSA) is 144 Å². The Labute approximate surface area is 233 Å². The molecule has 3 heterocycles. The number of rotatable bonds is 2. The van der Waals surface area contributed by atoms with E-state index >= 15 is 0 Å². The Balaban J connectivity index is 1.20. The molecule has 0 bridgehead atoms. The highest BCUT2D eigenvalue weighted by Crippen LogP contribution is 2.64. The van der Waals surface area contributed by atoms with E-state index in [-0.39, 0.29) is 17.8 Å². The van der Waals surface area contributed by atoms with Gasteiger partial charge >= 0.3 is 0 Å². The number of nitrogens with zero attached hydrogens (tertiary/aromatic N) is 3. The van der Waals surface area contributed by atoms with E-state index in [4.69, 9.17) is 10.5 Å². The van der Waals surface area contributed by atoms with Crippen LogP contribution in [0.5, 0.6) is 0 Å². The van der Waals surface area contributed by atoms with Gasteiger partial charge in [0.25, 0.3) is 0 Å². The molecule has 40 heavy (non-hydrogen) atoms. The summed E-state index contributed by atoms with van der Waals surface area (Å²) in [5.41, 5.74) is 6.01. The summed E-state index contributed by atoms with van der Waals surface area (Å²) in [5.74, 6) is 9.64. The molecule has 0 amide bonds. The molecular weight excluding hydrogens is 508 g/mol. The van der Waals surface area contributed by atoms with Crippen LogP contribution in [0.4, 0.5) is 5.82 Å². The number of ether oxygens (including phenoxy) is 1. The normalized spacial score (nSPS) is 42.2. The first-order chi connectivity index (χ1) is 19.2. The first-order valence-corrected chi connectivity index (χ1v) is 14.7. The van der Waals surface area contributed by atoms with Gasteiger partial charge in [0.1, 0.15) is 35.7 Å². The summed E-state index contributed by atoms with van der Waals surface area (Å²) in [6.07, 6.45) is 12.0. The number of carbonyl (C=O) groups is 1. The van der Waals surface area contributed by atoms with Gasteiger partial charge in [0.2, 0.25) is 0 Å². The zero-order valence-corrected chi connectivity index (χ0v) is 22.9. The van der Waals surface area contributed by atoms with E-state index in [0.717, 1.165) is 32.1 Å². The molecule has 0 radical (unpaired) electrons. The van der Waals surface area contributed by atoms with Crippen LogP contribution < -0.4 is 5.73 Å². The maximum atomic E-state index is 12.1. The first-order valence-electron chi connectivity index (χ1n) is 14.7. The van der Waals surface area contributed by atoms with Crippen molar-refractivity contribution in [2.75, 3.05) is 12.3 Å². The first kappa shape index (κ1) is 26.1. The molecule has 2 aromatic heterocycles. The number of aliphatic hydroxyl groups excluding tert-OH is 2. The zero-order valence-electron chi connectivity index (χ0n) is 22.9. The third-order valence-corrected chi connectivity index (χ3v) is 11.3. The maximum Gasteiger partial charge on any atom is 0.155 e. The minimum Gasteiger partial charge on any atom is -0.394 e. The van der Waals surface area contributed by atoms with Crippen molar-refractivity contribution in [1.82, 2.24) is 14.5 Å². The third kappa shape index (κ3) is 3.80. The predicted molar refractivity (Wildman–Crippen MR) is 147 cm³/mol. The van der Waals surface area contributed by atoms with Crippen LogP contribution in [-0.4, -0.2) is 60.1 Å². The van der Waals surface area contributed by atoms with Gasteiger partial charge in [0, 0.05) is 24.5 Å². The van der Waals surface area contributed by atoms with E-state index in [9.17, 15) is 20.1 Å². The number of carbonyl (C=O) groups excluding carboxylic acids is 1. The smallest absolute Gasteiger partial charge is 0.155 e. The summed E-state index contributed by atoms with van der Waals surface area (Å²) < 4.78 is 7.69. The third-order valence-electron chi connectivity index (χ3n) is 11.3. The maximum absolute atomic E-state index is 12.1. The molecule has 5 N–H and O–H groups in total. The Bertz CT molecular complexity index is 1440. The molecule has 2 aromatic rings. The molecular formula is C31H38N4O5. The summed E-state index contributed by atoms with van der Waals surface area (Å²) in [5, 5.41) is 32.6. The van der Waals surface area contributed by atoms with E-state index in [0.29, 0.717) is 71.3 Å². The Hall–Kier alpha value is -2.77. The van der Waals surface area contributed by atoms with Crippen molar-refractivity contribution in [3.05, 3.63) is 30.2 Å². The zero-order chi connectivity index (χ0) is 27.8. The van der Waals surface area contributed by atoms with Crippen LogP contribution in [0.1, 0.15) is 70.1 Å². The number of nitrogen functional groups attached to an aromatic ring is 1. The van der Waals surface area contributed by atoms with Crippen LogP contribution in [0.25, 0.3) is 11.0 Å². The second-order valence-electron chi connectivity index (χ2n) is 13.0. The summed E-state index contributed by atoms with van der Waals surface area (Å²) in [6, 6.07) is 0. The minimum absolute atomic E-state index is 0.266. The molecule has 2 unspecified atom stereocenters. The van der Waals surface area contributed by atoms with E-state index in [2.05, 4.69) is 34.8 Å². The number of allylic oxidation sites excluding steroid dienone is 2. The molecule has 5 aliphatic rings. The molecule has 9 heteroatoms. The van der Waals surface area contributed by atoms with E-state index in [1.165, 1.54) is 6.33 Å². The van der Waals surface area contributed by atoms with Crippen LogP contribution in [0, 0.1) is 46.8 Å². The fourth-order valence-electron chi connectivity index (χ4n) is 9.11. The minimum atomic E-state index is -1.13. The standard InChI is InChI=1S/C31H38N4O5/c1-30-9-7-21-20-5-3-19(37)12-17(20)2-4-22(21)23(30)8-11-31(30,39)10-6-18-14-35(26-13-24(38)25(15-36)40-26)29-27(18)28(32)33-16-34-29/h3,5,14,16-17,20-26,36,38-39H,2,4,7-9,11-13,15H2,1H3,(H2,32,33,34)/t17?,20?,21-,22-,23+,24+,25-,26-,30+,31+/m1/s1. The summed E-state index contributed by atoms with van der Waals surface area (Å²) in [4.78, 5) is 20.6. The van der Waals surface area contributed by atoms with Crippen molar-refractivity contribution in [3.63, 3.8) is 0 Å². The Kier molecular flexibility index (Phi) is 6.13. The van der Waals surface area contributed by atoms with Crippen molar-refractivity contribution in [1.29, 1.82) is 0 Å². The van der Waals surface area contributed by atoms with Crippen molar-refractivity contribution >= 4 is 22.6 Å². The van der Waals surface area contributed by atoms with Crippen LogP contribution in [0.15, 0.2) is 24.7 Å². The highest BCUT2D eigenvalue weighted by atomic mass is 16.5. The van der Waals surface area contributed by atoms with Crippen LogP contribution in [0.3, 0.4) is 0 Å². The molecule has 212 valence electrons. The molecule has 0 aromatic carbocycles. The summed E-state index contributed by atoms with van der Waals surface area (Å²) >= 11 is 0. The van der Waals surface area contributed by atoms with E-state index < -0.39 is 24.0 Å². The van der Waals surface area contributed by atoms with Crippen LogP contribution in [0.2, 0.25) is 0 Å². The molecule has 3 saturated carbocycles. The Morgan fingerprint density at radius 3 is 2.85 bits per heavy atom. The number of ketones is 1. The second-order valence-corrected chi connectivity index (χ2v) is 13.0. The quantitative estimate of drug-likeness (QED) is 0.421. The highest BCUT2D eigenvalue weighted by molar-refractivity contribution is 5.92. The monoisotopic (exact) mass is 546 g/mol. The molecule has 9 nitrogen and oxygen atoms in total. The van der Waals surface area contributed by atoms with Crippen molar-refractivity contribution < 1.29 is 24.9 Å². The van der Waals surface area contributed by atoms with E-state index in [1.807, 2.05) is 6.20 Å². The molecule has 4 aliphatic carbocycles. The van der Waals surface area contributed by atoms with Gasteiger partial charge in [-0.2, -0.15) is 0 Å². The molecule has 7 rings (SSSR count). The lowest BCUT2D eigenvalue weighted by molar-refractivity contribution is -0.120. The van der Waals surface area contributed by atoms with Crippen molar-refractivity contribution in [2.45, 2.75) is 82.3 Å². The van der Waals surface area contributed by atoms with Crippen LogP contribution >= 0.6 is 0 Å². The fraction of sp³-hybridized carbons (Fsp3) is 0.645. The number of anilines is 1. The van der Waals surface area contributed by atoms with Crippen molar-refractivity contribution in [2.24, 2.45) is 35.0 Å². The van der Waals surface area contributed by atoms with Gasteiger partial charge in [-0.15, -0.1) is 0 Å². The molecule has 1 saturated heterocycles. The number of nitrogens with two attached hydrogens (primary N) is 1. The number of aromatic nitrogens is 3. The number of fused-ring (bicyclic) bond motifs is 6. The Morgan fingerprint density at radius 1 is 1.20 bits per heavy atom. The van der Waals surface area contributed by atoms with Crippen LogP contribution in [-0.2, 0) is 9.53 Å². The summed E-state index contributed by atoms with van der Waals surface area (Å²) in [7, 11) is 0. The molecule has 0 spiro atoms. The number of hydrogen-bond acceptors (Lipinski definition) is 8. The van der Waals surface area contributed by atoms with Gasteiger partial charge in [0.05, 0.1) is 23.7 Å².